The fraction of sp³-hybridized carbons (Fsp3) is 0.933. The number of ether oxygens (including phenoxy) is 2. The van der Waals surface area contributed by atoms with Gasteiger partial charge < -0.3 is 19.3 Å². The van der Waals surface area contributed by atoms with Crippen molar-refractivity contribution in [3.05, 3.63) is 0 Å². The molecule has 3 aliphatic rings. The molecule has 0 aromatic heterocycles. The molecule has 3 aliphatic heterocycles. The first-order valence-corrected chi connectivity index (χ1v) is 10.2. The van der Waals surface area contributed by atoms with Crippen molar-refractivity contribution in [1.29, 1.82) is 0 Å². The number of likely N-dealkylation sites (tertiary alicyclic amines) is 1. The number of hydrogen-bond acceptors (Lipinski definition) is 6. The molecule has 3 saturated heterocycles. The molecule has 3 rings (SSSR count). The summed E-state index contributed by atoms with van der Waals surface area (Å²) in [6.45, 7) is 4.83. The maximum Gasteiger partial charge on any atom is 0.223 e. The minimum Gasteiger partial charge on any atom is -0.347 e. The first-order chi connectivity index (χ1) is 11.4. The number of likely N-dealkylation sites (N-methyl/N-ethyl adjacent to an activating group) is 1. The summed E-state index contributed by atoms with van der Waals surface area (Å²) in [5.41, 5.74) is 0. The molecule has 1 spiro atoms. The summed E-state index contributed by atoms with van der Waals surface area (Å²) in [4.78, 5) is 16.2. The topological polar surface area (TPSA) is 79.4 Å². The van der Waals surface area contributed by atoms with Crippen molar-refractivity contribution in [1.82, 2.24) is 14.1 Å². The highest BCUT2D eigenvalue weighted by molar-refractivity contribution is 7.89. The van der Waals surface area contributed by atoms with Gasteiger partial charge >= 0.3 is 0 Å². The second-order valence-electron chi connectivity index (χ2n) is 6.76. The van der Waals surface area contributed by atoms with Crippen molar-refractivity contribution in [3.63, 3.8) is 0 Å². The lowest BCUT2D eigenvalue weighted by Gasteiger charge is -2.37. The van der Waals surface area contributed by atoms with E-state index in [9.17, 15) is 13.2 Å². The molecule has 0 aromatic carbocycles. The normalized spacial score (nSPS) is 26.1. The van der Waals surface area contributed by atoms with Crippen LogP contribution >= 0.6 is 0 Å². The van der Waals surface area contributed by atoms with Crippen LogP contribution in [-0.2, 0) is 24.3 Å². The molecule has 1 amide bonds. The molecule has 3 heterocycles. The average Bonchev–Trinajstić information content (AvgIpc) is 3.02. The van der Waals surface area contributed by atoms with E-state index in [0.29, 0.717) is 52.2 Å². The van der Waals surface area contributed by atoms with E-state index >= 15 is 0 Å². The Balaban J connectivity index is 1.45. The maximum absolute atomic E-state index is 12.4. The number of carbonyl (C=O) groups is 1. The van der Waals surface area contributed by atoms with Gasteiger partial charge in [-0.1, -0.05) is 0 Å². The van der Waals surface area contributed by atoms with Crippen molar-refractivity contribution in [2.24, 2.45) is 0 Å². The summed E-state index contributed by atoms with van der Waals surface area (Å²) in [7, 11) is -1.37. The van der Waals surface area contributed by atoms with Gasteiger partial charge in [0, 0.05) is 58.5 Å². The molecule has 0 bridgehead atoms. The number of nitrogens with zero attached hydrogens (tertiary/aromatic N) is 3. The SMILES string of the molecule is CN1CCN(S(=O)(=O)CCC(=O)N2CCC3(CC2)OCCO3)CC1. The van der Waals surface area contributed by atoms with Crippen LogP contribution in [0.1, 0.15) is 19.3 Å². The predicted octanol–water partition coefficient (Wildman–Crippen LogP) is -0.681. The molecular weight excluding hydrogens is 334 g/mol. The zero-order valence-corrected chi connectivity index (χ0v) is 15.1. The molecule has 0 saturated carbocycles. The number of amides is 1. The van der Waals surface area contributed by atoms with E-state index in [-0.39, 0.29) is 18.1 Å². The fourth-order valence-corrected chi connectivity index (χ4v) is 4.86. The number of sulfonamides is 1. The summed E-state index contributed by atoms with van der Waals surface area (Å²) in [5, 5.41) is 0. The van der Waals surface area contributed by atoms with Gasteiger partial charge in [0.1, 0.15) is 0 Å². The van der Waals surface area contributed by atoms with Gasteiger partial charge in [0.25, 0.3) is 0 Å². The van der Waals surface area contributed by atoms with Crippen LogP contribution in [-0.4, -0.2) is 99.5 Å². The van der Waals surface area contributed by atoms with E-state index in [1.165, 1.54) is 4.31 Å². The highest BCUT2D eigenvalue weighted by Gasteiger charge is 2.40. The third-order valence-electron chi connectivity index (χ3n) is 5.12. The quantitative estimate of drug-likeness (QED) is 0.660. The van der Waals surface area contributed by atoms with Crippen molar-refractivity contribution in [3.8, 4) is 0 Å². The van der Waals surface area contributed by atoms with Gasteiger partial charge in [-0.2, -0.15) is 4.31 Å². The van der Waals surface area contributed by atoms with Crippen molar-refractivity contribution in [2.75, 3.05) is 65.3 Å². The molecule has 24 heavy (non-hydrogen) atoms. The summed E-state index contributed by atoms with van der Waals surface area (Å²) < 4.78 is 37.6. The lowest BCUT2D eigenvalue weighted by Crippen LogP contribution is -2.49. The monoisotopic (exact) mass is 361 g/mol. The van der Waals surface area contributed by atoms with E-state index in [1.54, 1.807) is 4.90 Å². The molecular formula is C15H27N3O5S. The minimum atomic E-state index is -3.35. The molecule has 3 fully saturated rings. The van der Waals surface area contributed by atoms with Crippen LogP contribution in [0.5, 0.6) is 0 Å². The van der Waals surface area contributed by atoms with E-state index in [1.807, 2.05) is 7.05 Å². The van der Waals surface area contributed by atoms with Gasteiger partial charge in [-0.05, 0) is 7.05 Å². The fourth-order valence-electron chi connectivity index (χ4n) is 3.45. The van der Waals surface area contributed by atoms with E-state index in [0.717, 1.165) is 13.1 Å². The molecule has 0 N–H and O–H groups in total. The highest BCUT2D eigenvalue weighted by atomic mass is 32.2. The van der Waals surface area contributed by atoms with Crippen LogP contribution in [0, 0.1) is 0 Å². The van der Waals surface area contributed by atoms with Crippen LogP contribution < -0.4 is 0 Å². The van der Waals surface area contributed by atoms with Crippen molar-refractivity contribution in [2.45, 2.75) is 25.0 Å². The van der Waals surface area contributed by atoms with E-state index < -0.39 is 15.8 Å². The van der Waals surface area contributed by atoms with Gasteiger partial charge in [-0.25, -0.2) is 8.42 Å². The van der Waals surface area contributed by atoms with Crippen LogP contribution in [0.4, 0.5) is 0 Å². The Labute approximate surface area is 143 Å². The smallest absolute Gasteiger partial charge is 0.223 e. The summed E-state index contributed by atoms with van der Waals surface area (Å²) in [5.74, 6) is -0.715. The Morgan fingerprint density at radius 3 is 2.17 bits per heavy atom. The number of rotatable bonds is 4. The Kier molecular flexibility index (Phi) is 5.45. The number of hydrogen-bond donors (Lipinski definition) is 0. The molecule has 0 aromatic rings. The number of carbonyl (C=O) groups excluding carboxylic acids is 1. The highest BCUT2D eigenvalue weighted by Crippen LogP contribution is 2.31. The van der Waals surface area contributed by atoms with Crippen molar-refractivity contribution < 1.29 is 22.7 Å². The van der Waals surface area contributed by atoms with Crippen molar-refractivity contribution >= 4 is 15.9 Å². The van der Waals surface area contributed by atoms with E-state index in [2.05, 4.69) is 4.90 Å². The zero-order chi connectivity index (χ0) is 17.2. The molecule has 9 heteroatoms. The van der Waals surface area contributed by atoms with Gasteiger partial charge in [-0.15, -0.1) is 0 Å². The first kappa shape index (κ1) is 18.1. The average molecular weight is 361 g/mol. The van der Waals surface area contributed by atoms with Crippen LogP contribution in [0.2, 0.25) is 0 Å². The lowest BCUT2D eigenvalue weighted by molar-refractivity contribution is -0.187. The number of piperidine rings is 1. The van der Waals surface area contributed by atoms with Gasteiger partial charge in [0.2, 0.25) is 15.9 Å². The molecule has 138 valence electrons. The second kappa shape index (κ2) is 7.25. The van der Waals surface area contributed by atoms with Crippen LogP contribution in [0.25, 0.3) is 0 Å². The molecule has 0 aliphatic carbocycles. The summed E-state index contributed by atoms with van der Waals surface area (Å²) in [6, 6.07) is 0. The molecule has 0 unspecified atom stereocenters. The van der Waals surface area contributed by atoms with Gasteiger partial charge in [-0.3, -0.25) is 4.79 Å². The Bertz CT molecular complexity index is 543. The Morgan fingerprint density at radius 2 is 1.58 bits per heavy atom. The Hall–Kier alpha value is -0.740. The van der Waals surface area contributed by atoms with Gasteiger partial charge in [0.15, 0.2) is 5.79 Å². The third-order valence-corrected chi connectivity index (χ3v) is 6.99. The Morgan fingerprint density at radius 1 is 1.00 bits per heavy atom. The first-order valence-electron chi connectivity index (χ1n) is 8.62. The predicted molar refractivity (Wildman–Crippen MR) is 87.9 cm³/mol. The number of piperazine rings is 1. The third kappa shape index (κ3) is 4.08. The summed E-state index contributed by atoms with van der Waals surface area (Å²) in [6.07, 6.45) is 1.36. The molecule has 8 nitrogen and oxygen atoms in total. The minimum absolute atomic E-state index is 0.0450. The van der Waals surface area contributed by atoms with E-state index in [4.69, 9.17) is 9.47 Å². The van der Waals surface area contributed by atoms with Gasteiger partial charge in [0.05, 0.1) is 19.0 Å². The second-order valence-corrected chi connectivity index (χ2v) is 8.85. The van der Waals surface area contributed by atoms with Crippen LogP contribution in [0.3, 0.4) is 0 Å². The maximum atomic E-state index is 12.4. The molecule has 0 atom stereocenters. The standard InChI is InChI=1S/C15H27N3O5S/c1-16-7-9-18(10-8-16)24(20,21)13-2-14(19)17-5-3-15(4-6-17)22-11-12-23-15/h2-13H2,1H3. The summed E-state index contributed by atoms with van der Waals surface area (Å²) >= 11 is 0. The zero-order valence-electron chi connectivity index (χ0n) is 14.3. The molecule has 0 radical (unpaired) electrons. The lowest BCUT2D eigenvalue weighted by atomic mass is 10.0. The largest absolute Gasteiger partial charge is 0.347 e. The van der Waals surface area contributed by atoms with Crippen LogP contribution in [0.15, 0.2) is 0 Å².